The Kier molecular flexibility index (Phi) is 7.41. The maximum absolute atomic E-state index is 12.6. The van der Waals surface area contributed by atoms with E-state index in [1.54, 1.807) is 32.0 Å². The van der Waals surface area contributed by atoms with Gasteiger partial charge < -0.3 is 9.84 Å². The van der Waals surface area contributed by atoms with Gasteiger partial charge in [0.15, 0.2) is 16.4 Å². The summed E-state index contributed by atoms with van der Waals surface area (Å²) < 4.78 is 29.3. The quantitative estimate of drug-likeness (QED) is 0.689. The highest BCUT2D eigenvalue weighted by Crippen LogP contribution is 2.31. The van der Waals surface area contributed by atoms with E-state index in [0.717, 1.165) is 31.2 Å². The summed E-state index contributed by atoms with van der Waals surface area (Å²) in [4.78, 5) is 23.2. The molecule has 0 aliphatic heterocycles. The van der Waals surface area contributed by atoms with Gasteiger partial charge >= 0.3 is 5.97 Å². The van der Waals surface area contributed by atoms with Crippen molar-refractivity contribution in [1.29, 1.82) is 0 Å². The van der Waals surface area contributed by atoms with Crippen LogP contribution in [0, 0.1) is 11.8 Å². The number of carbonyl (C=O) groups excluding carboxylic acids is 1. The Bertz CT molecular complexity index is 760. The van der Waals surface area contributed by atoms with E-state index in [1.165, 1.54) is 0 Å². The molecular formula is C20H28O6S. The lowest BCUT2D eigenvalue weighted by Crippen LogP contribution is -2.29. The standard InChI is InChI=1S/C20H28O6S/c1-14(2)27(24,25)13-15-6-8-17(9-7-15)19(21)11-16-4-3-5-18(10-16)26-12-20(22)23/h3-5,10,14-15,17H,6-9,11-13H2,1-2H3,(H,22,23). The van der Waals surface area contributed by atoms with Crippen LogP contribution in [0.2, 0.25) is 0 Å². The van der Waals surface area contributed by atoms with Gasteiger partial charge in [0.1, 0.15) is 11.5 Å². The van der Waals surface area contributed by atoms with Gasteiger partial charge in [-0.1, -0.05) is 12.1 Å². The van der Waals surface area contributed by atoms with Crippen LogP contribution in [0.25, 0.3) is 0 Å². The van der Waals surface area contributed by atoms with Gasteiger partial charge in [-0.25, -0.2) is 13.2 Å². The molecule has 1 aromatic rings. The molecule has 1 aromatic carbocycles. The molecule has 0 radical (unpaired) electrons. The molecule has 2 rings (SSSR count). The zero-order valence-electron chi connectivity index (χ0n) is 15.9. The maximum atomic E-state index is 12.6. The summed E-state index contributed by atoms with van der Waals surface area (Å²) in [7, 11) is -3.04. The summed E-state index contributed by atoms with van der Waals surface area (Å²) in [5.41, 5.74) is 0.799. The largest absolute Gasteiger partial charge is 0.482 e. The second kappa shape index (κ2) is 9.35. The molecule has 1 fully saturated rings. The van der Waals surface area contributed by atoms with Crippen molar-refractivity contribution in [3.8, 4) is 5.75 Å². The third-order valence-corrected chi connectivity index (χ3v) is 7.50. The number of ketones is 1. The van der Waals surface area contributed by atoms with Crippen LogP contribution in [0.5, 0.6) is 5.75 Å². The minimum absolute atomic E-state index is 0.0356. The van der Waals surface area contributed by atoms with E-state index in [-0.39, 0.29) is 35.0 Å². The average Bonchev–Trinajstić information content (AvgIpc) is 2.60. The Morgan fingerprint density at radius 3 is 2.44 bits per heavy atom. The van der Waals surface area contributed by atoms with Gasteiger partial charge in [-0.2, -0.15) is 0 Å². The highest BCUT2D eigenvalue weighted by Gasteiger charge is 2.30. The van der Waals surface area contributed by atoms with Crippen molar-refractivity contribution in [2.75, 3.05) is 12.4 Å². The number of aliphatic carboxylic acids is 1. The number of hydrogen-bond donors (Lipinski definition) is 1. The van der Waals surface area contributed by atoms with Gasteiger partial charge in [0.05, 0.1) is 11.0 Å². The van der Waals surface area contributed by atoms with Crippen molar-refractivity contribution >= 4 is 21.6 Å². The van der Waals surface area contributed by atoms with Crippen molar-refractivity contribution in [3.05, 3.63) is 29.8 Å². The van der Waals surface area contributed by atoms with Crippen molar-refractivity contribution in [2.45, 2.75) is 51.2 Å². The summed E-state index contributed by atoms with van der Waals surface area (Å²) >= 11 is 0. The van der Waals surface area contributed by atoms with Crippen LogP contribution in [0.4, 0.5) is 0 Å². The fourth-order valence-corrected chi connectivity index (χ4v) is 4.78. The van der Waals surface area contributed by atoms with Gasteiger partial charge in [-0.05, 0) is 63.1 Å². The first-order chi connectivity index (χ1) is 12.7. The Hall–Kier alpha value is -1.89. The Morgan fingerprint density at radius 1 is 1.19 bits per heavy atom. The summed E-state index contributed by atoms with van der Waals surface area (Å²) in [6.45, 7) is 3.00. The minimum Gasteiger partial charge on any atom is -0.482 e. The topological polar surface area (TPSA) is 97.7 Å². The van der Waals surface area contributed by atoms with E-state index in [4.69, 9.17) is 9.84 Å². The monoisotopic (exact) mass is 396 g/mol. The van der Waals surface area contributed by atoms with Crippen molar-refractivity contribution in [2.24, 2.45) is 11.8 Å². The van der Waals surface area contributed by atoms with Crippen LogP contribution in [0.15, 0.2) is 24.3 Å². The van der Waals surface area contributed by atoms with Gasteiger partial charge in [0.2, 0.25) is 0 Å². The molecule has 0 saturated heterocycles. The summed E-state index contributed by atoms with van der Waals surface area (Å²) in [6.07, 6.45) is 3.27. The molecule has 6 nitrogen and oxygen atoms in total. The van der Waals surface area contributed by atoms with Crippen molar-refractivity contribution < 1.29 is 27.9 Å². The lowest BCUT2D eigenvalue weighted by molar-refractivity contribution is -0.139. The molecule has 0 spiro atoms. The van der Waals surface area contributed by atoms with Gasteiger partial charge in [0, 0.05) is 12.3 Å². The summed E-state index contributed by atoms with van der Waals surface area (Å²) in [6, 6.07) is 6.93. The molecular weight excluding hydrogens is 368 g/mol. The van der Waals surface area contributed by atoms with Crippen LogP contribution in [-0.4, -0.2) is 42.9 Å². The van der Waals surface area contributed by atoms with Crippen molar-refractivity contribution in [3.63, 3.8) is 0 Å². The number of rotatable bonds is 9. The third-order valence-electron chi connectivity index (χ3n) is 5.13. The van der Waals surface area contributed by atoms with Crippen LogP contribution >= 0.6 is 0 Å². The fourth-order valence-electron chi connectivity index (χ4n) is 3.41. The van der Waals surface area contributed by atoms with E-state index >= 15 is 0 Å². The molecule has 0 bridgehead atoms. The molecule has 0 aromatic heterocycles. The number of carboxylic acid groups (broad SMARTS) is 1. The van der Waals surface area contributed by atoms with E-state index in [2.05, 4.69) is 0 Å². The smallest absolute Gasteiger partial charge is 0.341 e. The first-order valence-electron chi connectivity index (χ1n) is 9.35. The zero-order valence-corrected chi connectivity index (χ0v) is 16.7. The minimum atomic E-state index is -3.04. The Morgan fingerprint density at radius 2 is 1.85 bits per heavy atom. The fraction of sp³-hybridized carbons (Fsp3) is 0.600. The molecule has 150 valence electrons. The zero-order chi connectivity index (χ0) is 20.0. The molecule has 7 heteroatoms. The molecule has 1 N–H and O–H groups in total. The maximum Gasteiger partial charge on any atom is 0.341 e. The molecule has 0 amide bonds. The SMILES string of the molecule is CC(C)S(=O)(=O)CC1CCC(C(=O)Cc2cccc(OCC(=O)O)c2)CC1. The molecule has 1 saturated carbocycles. The van der Waals surface area contributed by atoms with Gasteiger partial charge in [-0.15, -0.1) is 0 Å². The average molecular weight is 397 g/mol. The Labute approximate surface area is 160 Å². The third kappa shape index (κ3) is 6.65. The van der Waals surface area contributed by atoms with Crippen LogP contribution in [-0.2, 0) is 25.8 Å². The summed E-state index contributed by atoms with van der Waals surface area (Å²) in [5.74, 6) is -0.136. The molecule has 1 aliphatic rings. The van der Waals surface area contributed by atoms with E-state index < -0.39 is 22.4 Å². The molecule has 1 aliphatic carbocycles. The second-order valence-corrected chi connectivity index (χ2v) is 10.2. The van der Waals surface area contributed by atoms with Crippen LogP contribution in [0.3, 0.4) is 0 Å². The number of benzene rings is 1. The number of carboxylic acids is 1. The highest BCUT2D eigenvalue weighted by atomic mass is 32.2. The molecule has 0 heterocycles. The highest BCUT2D eigenvalue weighted by molar-refractivity contribution is 7.91. The predicted octanol–water partition coefficient (Wildman–Crippen LogP) is 2.89. The van der Waals surface area contributed by atoms with Gasteiger partial charge in [-0.3, -0.25) is 4.79 Å². The van der Waals surface area contributed by atoms with E-state index in [1.807, 2.05) is 6.07 Å². The number of hydrogen-bond acceptors (Lipinski definition) is 5. The number of Topliss-reactive ketones (excluding diaryl/α,β-unsaturated/α-hetero) is 1. The second-order valence-electron chi connectivity index (χ2n) is 7.57. The first kappa shape index (κ1) is 21.4. The molecule has 0 atom stereocenters. The first-order valence-corrected chi connectivity index (χ1v) is 11.1. The predicted molar refractivity (Wildman–Crippen MR) is 103 cm³/mol. The lowest BCUT2D eigenvalue weighted by atomic mass is 9.79. The number of sulfone groups is 1. The van der Waals surface area contributed by atoms with Crippen LogP contribution < -0.4 is 4.74 Å². The Balaban J connectivity index is 1.86. The number of carbonyl (C=O) groups is 2. The summed E-state index contributed by atoms with van der Waals surface area (Å²) in [5, 5.41) is 8.31. The molecule has 0 unspecified atom stereocenters. The lowest BCUT2D eigenvalue weighted by Gasteiger charge is -2.28. The molecule has 27 heavy (non-hydrogen) atoms. The van der Waals surface area contributed by atoms with Gasteiger partial charge in [0.25, 0.3) is 0 Å². The van der Waals surface area contributed by atoms with Crippen LogP contribution in [0.1, 0.15) is 45.1 Å². The van der Waals surface area contributed by atoms with E-state index in [0.29, 0.717) is 5.75 Å². The van der Waals surface area contributed by atoms with E-state index in [9.17, 15) is 18.0 Å². The normalized spacial score (nSPS) is 20.4. The number of ether oxygens (including phenoxy) is 1. The van der Waals surface area contributed by atoms with Crippen molar-refractivity contribution in [1.82, 2.24) is 0 Å².